The number of hydrogen-bond acceptors (Lipinski definition) is 6. The van der Waals surface area contributed by atoms with E-state index in [2.05, 4.69) is 15.6 Å². The quantitative estimate of drug-likeness (QED) is 0.573. The van der Waals surface area contributed by atoms with E-state index in [1.165, 1.54) is 14.2 Å². The maximum atomic E-state index is 12.1. The first-order valence-corrected chi connectivity index (χ1v) is 8.33. The summed E-state index contributed by atoms with van der Waals surface area (Å²) < 4.78 is 5.92. The lowest BCUT2D eigenvalue weighted by atomic mass is 10.0. The fraction of sp³-hybridized carbons (Fsp3) is 0.250. The van der Waals surface area contributed by atoms with Crippen molar-refractivity contribution in [2.24, 2.45) is 10.3 Å². The highest BCUT2D eigenvalue weighted by atomic mass is 16.6. The van der Waals surface area contributed by atoms with Gasteiger partial charge in [0, 0.05) is 18.2 Å². The number of carbonyl (C=O) groups is 1. The molecule has 2 aromatic carbocycles. The Labute approximate surface area is 158 Å². The predicted octanol–water partition coefficient (Wildman–Crippen LogP) is 2.73. The first-order valence-electron chi connectivity index (χ1n) is 8.33. The Morgan fingerprint density at radius 2 is 1.78 bits per heavy atom. The summed E-state index contributed by atoms with van der Waals surface area (Å²) in [5.74, 6) is 0.343. The molecule has 0 atom stereocenters. The van der Waals surface area contributed by atoms with Gasteiger partial charge in [0.1, 0.15) is 26.6 Å². The van der Waals surface area contributed by atoms with E-state index in [1.807, 2.05) is 49.4 Å². The van der Waals surface area contributed by atoms with Crippen molar-refractivity contribution in [3.05, 3.63) is 65.2 Å². The Balaban J connectivity index is 2.25. The Morgan fingerprint density at radius 1 is 1.04 bits per heavy atom. The second-order valence-corrected chi connectivity index (χ2v) is 5.53. The first-order chi connectivity index (χ1) is 13.1. The number of oxime groups is 2. The highest BCUT2D eigenvalue weighted by Crippen LogP contribution is 2.18. The van der Waals surface area contributed by atoms with E-state index < -0.39 is 0 Å². The van der Waals surface area contributed by atoms with Gasteiger partial charge in [-0.1, -0.05) is 46.7 Å². The summed E-state index contributed by atoms with van der Waals surface area (Å²) >= 11 is 0. The van der Waals surface area contributed by atoms with E-state index >= 15 is 0 Å². The molecule has 1 N–H and O–H groups in total. The molecular weight excluding hydrogens is 346 g/mol. The number of hydrogen-bond donors (Lipinski definition) is 1. The fourth-order valence-electron chi connectivity index (χ4n) is 2.46. The van der Waals surface area contributed by atoms with Crippen LogP contribution >= 0.6 is 0 Å². The number of rotatable bonds is 8. The topological polar surface area (TPSA) is 81.5 Å². The van der Waals surface area contributed by atoms with Crippen LogP contribution in [-0.4, -0.2) is 38.6 Å². The number of nitrogens with one attached hydrogen (secondary N) is 1. The molecule has 2 rings (SSSR count). The van der Waals surface area contributed by atoms with Crippen molar-refractivity contribution >= 4 is 17.3 Å². The van der Waals surface area contributed by atoms with Gasteiger partial charge in [-0.2, -0.15) is 0 Å². The summed E-state index contributed by atoms with van der Waals surface area (Å²) in [6, 6.07) is 14.9. The van der Waals surface area contributed by atoms with Crippen molar-refractivity contribution in [3.8, 4) is 5.75 Å². The van der Waals surface area contributed by atoms with Crippen LogP contribution in [0, 0.1) is 0 Å². The standard InChI is InChI=1S/C20H23N3O4/c1-14(22-25-3)15-9-7-10-17(12-15)27-13-16-8-5-6-11-18(16)19(23-26-4)20(24)21-2/h5-12H,13H2,1-4H3,(H,21,24)/b22-14+,23-19+. The van der Waals surface area contributed by atoms with E-state index in [1.54, 1.807) is 13.1 Å². The third-order valence-corrected chi connectivity index (χ3v) is 3.77. The largest absolute Gasteiger partial charge is 0.489 e. The van der Waals surface area contributed by atoms with Crippen LogP contribution in [0.15, 0.2) is 58.8 Å². The van der Waals surface area contributed by atoms with Gasteiger partial charge in [-0.25, -0.2) is 0 Å². The van der Waals surface area contributed by atoms with Gasteiger partial charge in [-0.05, 0) is 24.6 Å². The molecule has 0 saturated carbocycles. The van der Waals surface area contributed by atoms with Gasteiger partial charge in [-0.3, -0.25) is 4.79 Å². The highest BCUT2D eigenvalue weighted by molar-refractivity contribution is 6.45. The predicted molar refractivity (Wildman–Crippen MR) is 104 cm³/mol. The van der Waals surface area contributed by atoms with Crippen molar-refractivity contribution in [1.29, 1.82) is 0 Å². The molecular formula is C20H23N3O4. The molecule has 142 valence electrons. The van der Waals surface area contributed by atoms with Gasteiger partial charge < -0.3 is 19.7 Å². The molecule has 1 amide bonds. The molecule has 7 nitrogen and oxygen atoms in total. The molecule has 2 aromatic rings. The maximum Gasteiger partial charge on any atom is 0.273 e. The molecule has 0 fully saturated rings. The Bertz CT molecular complexity index is 847. The van der Waals surface area contributed by atoms with Gasteiger partial charge >= 0.3 is 0 Å². The smallest absolute Gasteiger partial charge is 0.273 e. The Hall–Kier alpha value is -3.35. The van der Waals surface area contributed by atoms with Gasteiger partial charge in [0.05, 0.1) is 5.71 Å². The van der Waals surface area contributed by atoms with Crippen molar-refractivity contribution in [1.82, 2.24) is 5.32 Å². The van der Waals surface area contributed by atoms with Crippen LogP contribution in [0.4, 0.5) is 0 Å². The molecule has 0 heterocycles. The van der Waals surface area contributed by atoms with Crippen molar-refractivity contribution in [3.63, 3.8) is 0 Å². The second kappa shape index (κ2) is 9.96. The second-order valence-electron chi connectivity index (χ2n) is 5.53. The van der Waals surface area contributed by atoms with Crippen LogP contribution in [-0.2, 0) is 21.1 Å². The van der Waals surface area contributed by atoms with Crippen LogP contribution < -0.4 is 10.1 Å². The SMILES string of the molecule is CNC(=O)/C(=N/OC)c1ccccc1COc1cccc(/C(C)=N/OC)c1. The summed E-state index contributed by atoms with van der Waals surface area (Å²) in [6.07, 6.45) is 0. The van der Waals surface area contributed by atoms with Crippen LogP contribution in [0.1, 0.15) is 23.6 Å². The number of likely N-dealkylation sites (N-methyl/N-ethyl adjacent to an activating group) is 1. The van der Waals surface area contributed by atoms with Gasteiger partial charge in [0.15, 0.2) is 5.71 Å². The van der Waals surface area contributed by atoms with Crippen LogP contribution in [0.3, 0.4) is 0 Å². The minimum absolute atomic E-state index is 0.191. The average molecular weight is 369 g/mol. The lowest BCUT2D eigenvalue weighted by Crippen LogP contribution is -2.29. The fourth-order valence-corrected chi connectivity index (χ4v) is 2.46. The minimum Gasteiger partial charge on any atom is -0.489 e. The summed E-state index contributed by atoms with van der Waals surface area (Å²) in [4.78, 5) is 21.8. The number of benzene rings is 2. The molecule has 0 unspecified atom stereocenters. The molecule has 0 saturated heterocycles. The first kappa shape index (κ1) is 20.0. The lowest BCUT2D eigenvalue weighted by molar-refractivity contribution is -0.114. The average Bonchev–Trinajstić information content (AvgIpc) is 2.70. The molecule has 0 bridgehead atoms. The normalized spacial score (nSPS) is 11.7. The Kier molecular flexibility index (Phi) is 7.37. The van der Waals surface area contributed by atoms with E-state index in [0.29, 0.717) is 11.3 Å². The van der Waals surface area contributed by atoms with Gasteiger partial charge in [0.2, 0.25) is 0 Å². The van der Waals surface area contributed by atoms with Gasteiger partial charge in [0.25, 0.3) is 5.91 Å². The molecule has 0 aliphatic carbocycles. The summed E-state index contributed by atoms with van der Waals surface area (Å²) in [6.45, 7) is 2.12. The minimum atomic E-state index is -0.335. The van der Waals surface area contributed by atoms with Crippen LogP contribution in [0.2, 0.25) is 0 Å². The Morgan fingerprint density at radius 3 is 2.48 bits per heavy atom. The monoisotopic (exact) mass is 369 g/mol. The van der Waals surface area contributed by atoms with E-state index in [0.717, 1.165) is 16.8 Å². The molecule has 0 aliphatic rings. The molecule has 0 aliphatic heterocycles. The lowest BCUT2D eigenvalue weighted by Gasteiger charge is -2.12. The van der Waals surface area contributed by atoms with Crippen molar-refractivity contribution in [2.45, 2.75) is 13.5 Å². The van der Waals surface area contributed by atoms with Crippen molar-refractivity contribution < 1.29 is 19.2 Å². The molecule has 27 heavy (non-hydrogen) atoms. The zero-order valence-corrected chi connectivity index (χ0v) is 15.9. The summed E-state index contributed by atoms with van der Waals surface area (Å²) in [5, 5.41) is 10.4. The van der Waals surface area contributed by atoms with E-state index in [-0.39, 0.29) is 18.2 Å². The summed E-state index contributed by atoms with van der Waals surface area (Å²) in [7, 11) is 4.45. The van der Waals surface area contributed by atoms with Crippen LogP contribution in [0.5, 0.6) is 5.75 Å². The number of ether oxygens (including phenoxy) is 1. The number of amides is 1. The molecule has 0 spiro atoms. The molecule has 0 radical (unpaired) electrons. The number of nitrogens with zero attached hydrogens (tertiary/aromatic N) is 2. The van der Waals surface area contributed by atoms with Crippen LogP contribution in [0.25, 0.3) is 0 Å². The third-order valence-electron chi connectivity index (χ3n) is 3.77. The molecule has 7 heteroatoms. The number of carbonyl (C=O) groups excluding carboxylic acids is 1. The maximum absolute atomic E-state index is 12.1. The highest BCUT2D eigenvalue weighted by Gasteiger charge is 2.17. The van der Waals surface area contributed by atoms with E-state index in [9.17, 15) is 4.79 Å². The summed E-state index contributed by atoms with van der Waals surface area (Å²) in [5.41, 5.74) is 3.29. The van der Waals surface area contributed by atoms with Gasteiger partial charge in [-0.15, -0.1) is 0 Å². The zero-order chi connectivity index (χ0) is 19.6. The third kappa shape index (κ3) is 5.31. The molecule has 0 aromatic heterocycles. The zero-order valence-electron chi connectivity index (χ0n) is 15.9. The van der Waals surface area contributed by atoms with Crippen molar-refractivity contribution in [2.75, 3.05) is 21.3 Å². The van der Waals surface area contributed by atoms with E-state index in [4.69, 9.17) is 14.4 Å².